The lowest BCUT2D eigenvalue weighted by molar-refractivity contribution is 0.0932. The molecule has 102 valence electrons. The molecule has 0 aliphatic heterocycles. The molecule has 1 aromatic carbocycles. The Bertz CT molecular complexity index is 656. The average molecular weight is 287 g/mol. The van der Waals surface area contributed by atoms with E-state index in [0.29, 0.717) is 5.69 Å². The van der Waals surface area contributed by atoms with E-state index in [2.05, 4.69) is 16.4 Å². The maximum Gasteiger partial charge on any atom is 0.270 e. The van der Waals surface area contributed by atoms with Crippen LogP contribution in [0.2, 0.25) is 0 Å². The molecule has 0 saturated heterocycles. The van der Waals surface area contributed by atoms with Gasteiger partial charge in [-0.15, -0.1) is 11.6 Å². The minimum atomic E-state index is -0.180. The summed E-state index contributed by atoms with van der Waals surface area (Å²) in [5, 5.41) is 2.88. The van der Waals surface area contributed by atoms with Crippen LogP contribution in [-0.4, -0.2) is 16.3 Å². The summed E-state index contributed by atoms with van der Waals surface area (Å²) in [5.74, 6) is -0.180. The van der Waals surface area contributed by atoms with Crippen LogP contribution in [0.1, 0.15) is 33.4 Å². The zero-order valence-electron chi connectivity index (χ0n) is 11.1. The molecule has 2 aromatic rings. The minimum absolute atomic E-state index is 0.110. The highest BCUT2D eigenvalue weighted by molar-refractivity contribution is 6.21. The van der Waals surface area contributed by atoms with E-state index in [1.165, 1.54) is 5.56 Å². The predicted octanol–water partition coefficient (Wildman–Crippen LogP) is 3.02. The summed E-state index contributed by atoms with van der Waals surface area (Å²) in [4.78, 5) is 16.5. The first-order valence-corrected chi connectivity index (χ1v) is 7.05. The Morgan fingerprint density at radius 3 is 2.85 bits per heavy atom. The van der Waals surface area contributed by atoms with Crippen molar-refractivity contribution in [3.63, 3.8) is 0 Å². The number of rotatable bonds is 2. The number of nitrogens with one attached hydrogen (secondary N) is 1. The van der Waals surface area contributed by atoms with Crippen molar-refractivity contribution in [3.8, 4) is 0 Å². The Kier molecular flexibility index (Phi) is 3.45. The van der Waals surface area contributed by atoms with Crippen molar-refractivity contribution in [3.05, 3.63) is 65.0 Å². The summed E-state index contributed by atoms with van der Waals surface area (Å²) in [6.07, 6.45) is 0.782. The van der Waals surface area contributed by atoms with Gasteiger partial charge in [-0.25, -0.2) is 4.98 Å². The molecule has 1 aliphatic carbocycles. The number of carbonyl (C=O) groups excluding carboxylic acids is 1. The van der Waals surface area contributed by atoms with Gasteiger partial charge in [0.1, 0.15) is 5.69 Å². The molecule has 3 rings (SSSR count). The molecule has 2 unspecified atom stereocenters. The third-order valence-corrected chi connectivity index (χ3v) is 3.98. The zero-order chi connectivity index (χ0) is 14.1. The van der Waals surface area contributed by atoms with Crippen LogP contribution in [0.15, 0.2) is 42.5 Å². The van der Waals surface area contributed by atoms with E-state index in [1.807, 2.05) is 37.3 Å². The Morgan fingerprint density at radius 1 is 1.25 bits per heavy atom. The van der Waals surface area contributed by atoms with Crippen molar-refractivity contribution < 1.29 is 4.79 Å². The molecule has 1 aromatic heterocycles. The topological polar surface area (TPSA) is 42.0 Å². The molecule has 1 aliphatic rings. The number of aryl methyl sites for hydroxylation is 1. The number of alkyl halides is 1. The Balaban J connectivity index is 1.83. The van der Waals surface area contributed by atoms with Crippen LogP contribution in [0.4, 0.5) is 0 Å². The summed E-state index contributed by atoms with van der Waals surface area (Å²) in [7, 11) is 0. The molecule has 1 amide bonds. The molecule has 0 spiro atoms. The maximum atomic E-state index is 12.3. The molecule has 3 nitrogen and oxygen atoms in total. The van der Waals surface area contributed by atoms with Gasteiger partial charge in [0.15, 0.2) is 0 Å². The minimum Gasteiger partial charge on any atom is -0.342 e. The lowest BCUT2D eigenvalue weighted by Gasteiger charge is -2.17. The number of halogens is 1. The fourth-order valence-electron chi connectivity index (χ4n) is 2.60. The van der Waals surface area contributed by atoms with E-state index in [0.717, 1.165) is 17.7 Å². The summed E-state index contributed by atoms with van der Waals surface area (Å²) in [6.45, 7) is 1.87. The van der Waals surface area contributed by atoms with Gasteiger partial charge >= 0.3 is 0 Å². The van der Waals surface area contributed by atoms with E-state index in [1.54, 1.807) is 6.07 Å². The molecule has 20 heavy (non-hydrogen) atoms. The summed E-state index contributed by atoms with van der Waals surface area (Å²) >= 11 is 6.37. The van der Waals surface area contributed by atoms with E-state index in [4.69, 9.17) is 11.6 Å². The van der Waals surface area contributed by atoms with Gasteiger partial charge in [-0.05, 0) is 36.6 Å². The van der Waals surface area contributed by atoms with Gasteiger partial charge in [-0.1, -0.05) is 30.3 Å². The number of benzene rings is 1. The van der Waals surface area contributed by atoms with Crippen LogP contribution < -0.4 is 5.32 Å². The van der Waals surface area contributed by atoms with Crippen molar-refractivity contribution in [2.24, 2.45) is 0 Å². The van der Waals surface area contributed by atoms with E-state index < -0.39 is 0 Å². The fourth-order valence-corrected chi connectivity index (χ4v) is 2.96. The van der Waals surface area contributed by atoms with Gasteiger partial charge in [0, 0.05) is 5.69 Å². The Labute approximate surface area is 123 Å². The zero-order valence-corrected chi connectivity index (χ0v) is 11.9. The smallest absolute Gasteiger partial charge is 0.270 e. The highest BCUT2D eigenvalue weighted by Crippen LogP contribution is 2.34. The lowest BCUT2D eigenvalue weighted by Crippen LogP contribution is -2.32. The molecule has 0 fully saturated rings. The van der Waals surface area contributed by atoms with Gasteiger partial charge in [-0.2, -0.15) is 0 Å². The van der Waals surface area contributed by atoms with Gasteiger partial charge in [-0.3, -0.25) is 4.79 Å². The van der Waals surface area contributed by atoms with Crippen LogP contribution in [0.3, 0.4) is 0 Å². The maximum absolute atomic E-state index is 12.3. The van der Waals surface area contributed by atoms with Crippen LogP contribution in [-0.2, 0) is 6.42 Å². The van der Waals surface area contributed by atoms with Gasteiger partial charge in [0.25, 0.3) is 5.91 Å². The quantitative estimate of drug-likeness (QED) is 0.862. The second kappa shape index (κ2) is 5.25. The second-order valence-electron chi connectivity index (χ2n) is 5.03. The third-order valence-electron chi connectivity index (χ3n) is 3.57. The van der Waals surface area contributed by atoms with E-state index >= 15 is 0 Å². The van der Waals surface area contributed by atoms with Crippen LogP contribution in [0.25, 0.3) is 0 Å². The predicted molar refractivity (Wildman–Crippen MR) is 79.0 cm³/mol. The highest BCUT2D eigenvalue weighted by Gasteiger charge is 2.32. The third kappa shape index (κ3) is 2.41. The number of hydrogen-bond donors (Lipinski definition) is 1. The van der Waals surface area contributed by atoms with Gasteiger partial charge < -0.3 is 5.32 Å². The molecule has 0 saturated carbocycles. The van der Waals surface area contributed by atoms with Gasteiger partial charge in [0.2, 0.25) is 0 Å². The number of hydrogen-bond acceptors (Lipinski definition) is 2. The van der Waals surface area contributed by atoms with Crippen molar-refractivity contribution >= 4 is 17.5 Å². The van der Waals surface area contributed by atoms with Crippen molar-refractivity contribution in [1.82, 2.24) is 10.3 Å². The van der Waals surface area contributed by atoms with Crippen LogP contribution >= 0.6 is 11.6 Å². The van der Waals surface area contributed by atoms with Crippen LogP contribution in [0, 0.1) is 6.92 Å². The van der Waals surface area contributed by atoms with Gasteiger partial charge in [0.05, 0.1) is 11.4 Å². The largest absolute Gasteiger partial charge is 0.342 e. The van der Waals surface area contributed by atoms with E-state index in [-0.39, 0.29) is 17.3 Å². The number of nitrogens with zero attached hydrogens (tertiary/aromatic N) is 1. The van der Waals surface area contributed by atoms with Crippen molar-refractivity contribution in [2.45, 2.75) is 24.8 Å². The number of amides is 1. The monoisotopic (exact) mass is 286 g/mol. The molecule has 1 heterocycles. The normalized spacial score (nSPS) is 20.5. The van der Waals surface area contributed by atoms with Crippen LogP contribution in [0.5, 0.6) is 0 Å². The fraction of sp³-hybridized carbons (Fsp3) is 0.250. The number of aromatic nitrogens is 1. The molecule has 0 bridgehead atoms. The molecule has 4 heteroatoms. The molecule has 0 radical (unpaired) electrons. The highest BCUT2D eigenvalue weighted by atomic mass is 35.5. The number of carbonyl (C=O) groups is 1. The number of pyridine rings is 1. The average Bonchev–Trinajstić information content (AvgIpc) is 2.75. The van der Waals surface area contributed by atoms with E-state index in [9.17, 15) is 4.79 Å². The first kappa shape index (κ1) is 13.1. The SMILES string of the molecule is Cc1cccc(C(=O)NC2c3ccccc3CC2Cl)n1. The number of fused-ring (bicyclic) bond motifs is 1. The molecular weight excluding hydrogens is 272 g/mol. The summed E-state index contributed by atoms with van der Waals surface area (Å²) in [5.41, 5.74) is 3.56. The molecule has 2 atom stereocenters. The summed E-state index contributed by atoms with van der Waals surface area (Å²) < 4.78 is 0. The first-order valence-electron chi connectivity index (χ1n) is 6.61. The Morgan fingerprint density at radius 2 is 2.05 bits per heavy atom. The molecular formula is C16H15ClN2O. The standard InChI is InChI=1S/C16H15ClN2O/c1-10-5-4-8-14(18-10)16(20)19-15-12-7-3-2-6-11(12)9-13(15)17/h2-8,13,15H,9H2,1H3,(H,19,20). The Hall–Kier alpha value is -1.87. The first-order chi connectivity index (χ1) is 9.65. The van der Waals surface area contributed by atoms with Crippen molar-refractivity contribution in [2.75, 3.05) is 0 Å². The molecule has 1 N–H and O–H groups in total. The summed E-state index contributed by atoms with van der Waals surface area (Å²) in [6, 6.07) is 13.3. The lowest BCUT2D eigenvalue weighted by atomic mass is 10.1. The van der Waals surface area contributed by atoms with Crippen molar-refractivity contribution in [1.29, 1.82) is 0 Å². The second-order valence-corrected chi connectivity index (χ2v) is 5.59.